The van der Waals surface area contributed by atoms with Gasteiger partial charge in [-0.2, -0.15) is 0 Å². The quantitative estimate of drug-likeness (QED) is 0.569. The van der Waals surface area contributed by atoms with E-state index in [1.807, 2.05) is 35.8 Å². The van der Waals surface area contributed by atoms with E-state index in [1.54, 1.807) is 11.8 Å². The number of amides is 1. The number of aromatic nitrogens is 3. The van der Waals surface area contributed by atoms with E-state index < -0.39 is 0 Å². The maximum Gasteiger partial charge on any atom is 0.246 e. The van der Waals surface area contributed by atoms with E-state index in [1.165, 1.54) is 23.8 Å². The van der Waals surface area contributed by atoms with E-state index in [0.29, 0.717) is 5.82 Å². The summed E-state index contributed by atoms with van der Waals surface area (Å²) in [5.41, 5.74) is 4.66. The van der Waals surface area contributed by atoms with Crippen LogP contribution < -0.4 is 5.32 Å². The standard InChI is InChI=1S/C22H26N4O2S/c1-15-9-11-19(12-10-15)26-21(17(3)23-20(27)13-28-4)24-25-22(26)29-14-18-8-6-5-7-16(18)2/h5-12,17H,13-14H2,1-4H3,(H,23,27). The van der Waals surface area contributed by atoms with Gasteiger partial charge in [0.05, 0.1) is 6.04 Å². The summed E-state index contributed by atoms with van der Waals surface area (Å²) in [6.07, 6.45) is 0. The van der Waals surface area contributed by atoms with Gasteiger partial charge in [-0.05, 0) is 44.0 Å². The Morgan fingerprint density at radius 2 is 1.86 bits per heavy atom. The van der Waals surface area contributed by atoms with Gasteiger partial charge in [-0.25, -0.2) is 0 Å². The molecule has 29 heavy (non-hydrogen) atoms. The number of carbonyl (C=O) groups is 1. The van der Waals surface area contributed by atoms with Gasteiger partial charge >= 0.3 is 0 Å². The third-order valence-corrected chi connectivity index (χ3v) is 5.59. The van der Waals surface area contributed by atoms with Crippen molar-refractivity contribution in [3.05, 3.63) is 71.0 Å². The maximum atomic E-state index is 12.0. The van der Waals surface area contributed by atoms with Crippen molar-refractivity contribution in [1.82, 2.24) is 20.1 Å². The number of nitrogens with zero attached hydrogens (tertiary/aromatic N) is 3. The molecule has 0 aliphatic carbocycles. The van der Waals surface area contributed by atoms with E-state index in [0.717, 1.165) is 16.6 Å². The highest BCUT2D eigenvalue weighted by molar-refractivity contribution is 7.98. The number of ether oxygens (including phenoxy) is 1. The van der Waals surface area contributed by atoms with Crippen molar-refractivity contribution in [2.24, 2.45) is 0 Å². The van der Waals surface area contributed by atoms with Crippen molar-refractivity contribution in [2.45, 2.75) is 37.7 Å². The van der Waals surface area contributed by atoms with Crippen molar-refractivity contribution in [3.63, 3.8) is 0 Å². The minimum absolute atomic E-state index is 0.0118. The van der Waals surface area contributed by atoms with Crippen molar-refractivity contribution in [1.29, 1.82) is 0 Å². The molecule has 7 heteroatoms. The number of hydrogen-bond donors (Lipinski definition) is 1. The van der Waals surface area contributed by atoms with E-state index in [9.17, 15) is 4.79 Å². The predicted octanol–water partition coefficient (Wildman–Crippen LogP) is 4.00. The second kappa shape index (κ2) is 9.71. The predicted molar refractivity (Wildman–Crippen MR) is 115 cm³/mol. The number of benzene rings is 2. The Bertz CT molecular complexity index is 969. The first-order valence-electron chi connectivity index (χ1n) is 9.47. The molecule has 0 aliphatic rings. The van der Waals surface area contributed by atoms with Crippen LogP contribution in [0.4, 0.5) is 0 Å². The van der Waals surface area contributed by atoms with Gasteiger partial charge < -0.3 is 10.1 Å². The molecule has 0 radical (unpaired) electrons. The van der Waals surface area contributed by atoms with Crippen molar-refractivity contribution < 1.29 is 9.53 Å². The molecule has 1 N–H and O–H groups in total. The molecular formula is C22H26N4O2S. The largest absolute Gasteiger partial charge is 0.375 e. The number of methoxy groups -OCH3 is 1. The van der Waals surface area contributed by atoms with Gasteiger partial charge in [0.25, 0.3) is 0 Å². The molecule has 0 saturated carbocycles. The zero-order valence-electron chi connectivity index (χ0n) is 17.2. The first kappa shape index (κ1) is 21.1. The molecule has 152 valence electrons. The van der Waals surface area contributed by atoms with Gasteiger partial charge in [-0.1, -0.05) is 53.7 Å². The van der Waals surface area contributed by atoms with E-state index in [-0.39, 0.29) is 18.6 Å². The molecule has 1 unspecified atom stereocenters. The summed E-state index contributed by atoms with van der Waals surface area (Å²) in [5.74, 6) is 1.29. The fourth-order valence-electron chi connectivity index (χ4n) is 2.98. The van der Waals surface area contributed by atoms with Gasteiger partial charge in [0.1, 0.15) is 6.61 Å². The van der Waals surface area contributed by atoms with Crippen molar-refractivity contribution >= 4 is 17.7 Å². The maximum absolute atomic E-state index is 12.0. The summed E-state index contributed by atoms with van der Waals surface area (Å²) in [6.45, 7) is 6.08. The lowest BCUT2D eigenvalue weighted by Crippen LogP contribution is -2.31. The minimum atomic E-state index is -0.306. The summed E-state index contributed by atoms with van der Waals surface area (Å²) < 4.78 is 6.93. The van der Waals surface area contributed by atoms with Gasteiger partial charge in [0.15, 0.2) is 11.0 Å². The molecule has 0 bridgehead atoms. The number of thioether (sulfide) groups is 1. The number of nitrogens with one attached hydrogen (secondary N) is 1. The highest BCUT2D eigenvalue weighted by atomic mass is 32.2. The molecule has 0 aliphatic heterocycles. The zero-order valence-corrected chi connectivity index (χ0v) is 18.0. The highest BCUT2D eigenvalue weighted by Crippen LogP contribution is 2.28. The molecule has 1 amide bonds. The smallest absolute Gasteiger partial charge is 0.246 e. The molecule has 3 aromatic rings. The molecule has 0 fully saturated rings. The number of rotatable bonds is 8. The zero-order chi connectivity index (χ0) is 20.8. The molecular weight excluding hydrogens is 384 g/mol. The third kappa shape index (κ3) is 5.25. The Kier molecular flexibility index (Phi) is 7.06. The molecule has 3 rings (SSSR count). The molecule has 6 nitrogen and oxygen atoms in total. The monoisotopic (exact) mass is 410 g/mol. The summed E-state index contributed by atoms with van der Waals surface area (Å²) >= 11 is 1.63. The van der Waals surface area contributed by atoms with Crippen LogP contribution in [0.1, 0.15) is 35.5 Å². The summed E-state index contributed by atoms with van der Waals surface area (Å²) in [5, 5.41) is 12.5. The topological polar surface area (TPSA) is 69.0 Å². The van der Waals surface area contributed by atoms with E-state index >= 15 is 0 Å². The normalized spacial score (nSPS) is 12.0. The van der Waals surface area contributed by atoms with Crippen LogP contribution >= 0.6 is 11.8 Å². The van der Waals surface area contributed by atoms with Gasteiger partial charge in [-0.15, -0.1) is 10.2 Å². The van der Waals surface area contributed by atoms with Crippen LogP contribution in [0.3, 0.4) is 0 Å². The number of carbonyl (C=O) groups excluding carboxylic acids is 1. The Morgan fingerprint density at radius 1 is 1.14 bits per heavy atom. The Balaban J connectivity index is 1.91. The Hall–Kier alpha value is -2.64. The van der Waals surface area contributed by atoms with Gasteiger partial charge in [0.2, 0.25) is 5.91 Å². The summed E-state index contributed by atoms with van der Waals surface area (Å²) in [4.78, 5) is 12.0. The second-order valence-corrected chi connectivity index (χ2v) is 7.89. The molecule has 1 atom stereocenters. The van der Waals surface area contributed by atoms with Gasteiger partial charge in [-0.3, -0.25) is 9.36 Å². The van der Waals surface area contributed by atoms with Crippen molar-refractivity contribution in [3.8, 4) is 5.69 Å². The molecule has 0 saturated heterocycles. The molecule has 2 aromatic carbocycles. The Morgan fingerprint density at radius 3 is 2.55 bits per heavy atom. The lowest BCUT2D eigenvalue weighted by atomic mass is 10.1. The van der Waals surface area contributed by atoms with Crippen LogP contribution in [0.15, 0.2) is 53.7 Å². The van der Waals surface area contributed by atoms with Crippen LogP contribution in [0, 0.1) is 13.8 Å². The second-order valence-electron chi connectivity index (χ2n) is 6.95. The van der Waals surface area contributed by atoms with Crippen LogP contribution in [0.5, 0.6) is 0 Å². The van der Waals surface area contributed by atoms with E-state index in [2.05, 4.69) is 53.6 Å². The fourth-order valence-corrected chi connectivity index (χ4v) is 4.02. The number of aryl methyl sites for hydroxylation is 2. The first-order valence-corrected chi connectivity index (χ1v) is 10.5. The average Bonchev–Trinajstić information content (AvgIpc) is 3.12. The third-order valence-electron chi connectivity index (χ3n) is 4.61. The molecule has 0 spiro atoms. The fraction of sp³-hybridized carbons (Fsp3) is 0.318. The minimum Gasteiger partial charge on any atom is -0.375 e. The first-order chi connectivity index (χ1) is 14.0. The SMILES string of the molecule is COCC(=O)NC(C)c1nnc(SCc2ccccc2C)n1-c1ccc(C)cc1. The molecule has 1 aromatic heterocycles. The van der Waals surface area contributed by atoms with Gasteiger partial charge in [0, 0.05) is 18.6 Å². The lowest BCUT2D eigenvalue weighted by molar-refractivity contribution is -0.125. The summed E-state index contributed by atoms with van der Waals surface area (Å²) in [7, 11) is 1.50. The van der Waals surface area contributed by atoms with Crippen LogP contribution in [-0.4, -0.2) is 34.4 Å². The highest BCUT2D eigenvalue weighted by Gasteiger charge is 2.21. The average molecular weight is 411 g/mol. The van der Waals surface area contributed by atoms with Crippen molar-refractivity contribution in [2.75, 3.05) is 13.7 Å². The lowest BCUT2D eigenvalue weighted by Gasteiger charge is -2.16. The summed E-state index contributed by atoms with van der Waals surface area (Å²) in [6, 6.07) is 16.2. The van der Waals surface area contributed by atoms with Crippen LogP contribution in [-0.2, 0) is 15.3 Å². The van der Waals surface area contributed by atoms with E-state index in [4.69, 9.17) is 4.74 Å². The van der Waals surface area contributed by atoms with Crippen LogP contribution in [0.25, 0.3) is 5.69 Å². The molecule has 1 heterocycles. The number of hydrogen-bond acceptors (Lipinski definition) is 5. The van der Waals surface area contributed by atoms with Crippen LogP contribution in [0.2, 0.25) is 0 Å². The Labute approximate surface area is 175 Å².